The molecule has 1 fully saturated rings. The average molecular weight is 371 g/mol. The number of urea groups is 1. The van der Waals surface area contributed by atoms with Crippen molar-refractivity contribution in [1.29, 1.82) is 0 Å². The van der Waals surface area contributed by atoms with E-state index in [1.807, 2.05) is 19.9 Å². The van der Waals surface area contributed by atoms with Crippen LogP contribution in [0.25, 0.3) is 6.08 Å². The molecule has 2 N–H and O–H groups in total. The lowest BCUT2D eigenvalue weighted by molar-refractivity contribution is -0.122. The first-order chi connectivity index (χ1) is 12.3. The van der Waals surface area contributed by atoms with E-state index in [0.29, 0.717) is 10.7 Å². The predicted molar refractivity (Wildman–Crippen MR) is 98.0 cm³/mol. The first-order valence-electron chi connectivity index (χ1n) is 7.74. The normalized spacial score (nSPS) is 16.2. The standard InChI is InChI=1S/C19H15ClN2O4/c1-10-5-11(2)7-14(6-10)22-18(25)15(17(24)21-19(22)26)9-12-8-13(20)3-4-16(12)23/h3-9,23H,1-2H3,(H,21,24,26)/b15-9+. The second-order valence-electron chi connectivity index (χ2n) is 6.01. The molecule has 132 valence electrons. The highest BCUT2D eigenvalue weighted by molar-refractivity contribution is 6.39. The van der Waals surface area contributed by atoms with Gasteiger partial charge in [-0.2, -0.15) is 0 Å². The Morgan fingerprint density at radius 3 is 2.35 bits per heavy atom. The van der Waals surface area contributed by atoms with Crippen LogP contribution >= 0.6 is 11.6 Å². The number of aryl methyl sites for hydroxylation is 2. The van der Waals surface area contributed by atoms with Crippen LogP contribution in [-0.2, 0) is 9.59 Å². The monoisotopic (exact) mass is 370 g/mol. The molecule has 1 heterocycles. The van der Waals surface area contributed by atoms with E-state index < -0.39 is 17.8 Å². The lowest BCUT2D eigenvalue weighted by Crippen LogP contribution is -2.54. The summed E-state index contributed by atoms with van der Waals surface area (Å²) in [5, 5.41) is 12.4. The van der Waals surface area contributed by atoms with Gasteiger partial charge in [-0.3, -0.25) is 14.9 Å². The number of halogens is 1. The van der Waals surface area contributed by atoms with Gasteiger partial charge in [0, 0.05) is 10.6 Å². The first kappa shape index (κ1) is 17.7. The molecule has 4 amide bonds. The fourth-order valence-corrected chi connectivity index (χ4v) is 2.95. The van der Waals surface area contributed by atoms with E-state index in [4.69, 9.17) is 11.6 Å². The minimum absolute atomic E-state index is 0.141. The van der Waals surface area contributed by atoms with E-state index >= 15 is 0 Å². The summed E-state index contributed by atoms with van der Waals surface area (Å²) in [5.41, 5.74) is 2.02. The molecule has 2 aromatic carbocycles. The Morgan fingerprint density at radius 1 is 1.04 bits per heavy atom. The number of hydrogen-bond donors (Lipinski definition) is 2. The van der Waals surface area contributed by atoms with Crippen LogP contribution in [0, 0.1) is 13.8 Å². The van der Waals surface area contributed by atoms with Crippen LogP contribution in [0.15, 0.2) is 42.0 Å². The molecule has 0 aromatic heterocycles. The number of phenolic OH excluding ortho intramolecular Hbond substituents is 1. The van der Waals surface area contributed by atoms with Gasteiger partial charge in [-0.15, -0.1) is 0 Å². The number of hydrogen-bond acceptors (Lipinski definition) is 4. The number of carbonyl (C=O) groups is 3. The van der Waals surface area contributed by atoms with Crippen molar-refractivity contribution in [3.05, 3.63) is 63.7 Å². The summed E-state index contributed by atoms with van der Waals surface area (Å²) in [6.07, 6.45) is 1.21. The highest BCUT2D eigenvalue weighted by Gasteiger charge is 2.37. The van der Waals surface area contributed by atoms with E-state index in [1.165, 1.54) is 24.3 Å². The maximum absolute atomic E-state index is 12.8. The number of imide groups is 2. The molecule has 1 saturated heterocycles. The molecule has 2 aromatic rings. The largest absolute Gasteiger partial charge is 0.507 e. The van der Waals surface area contributed by atoms with E-state index in [2.05, 4.69) is 5.32 Å². The second-order valence-corrected chi connectivity index (χ2v) is 6.44. The predicted octanol–water partition coefficient (Wildman–Crippen LogP) is 3.33. The van der Waals surface area contributed by atoms with Crippen molar-refractivity contribution in [3.63, 3.8) is 0 Å². The SMILES string of the molecule is Cc1cc(C)cc(N2C(=O)NC(=O)/C(=C\c3cc(Cl)ccc3O)C2=O)c1. The van der Waals surface area contributed by atoms with E-state index in [9.17, 15) is 19.5 Å². The van der Waals surface area contributed by atoms with Gasteiger partial charge in [-0.05, 0) is 61.4 Å². The number of nitrogens with zero attached hydrogens (tertiary/aromatic N) is 1. The quantitative estimate of drug-likeness (QED) is 0.627. The molecule has 26 heavy (non-hydrogen) atoms. The van der Waals surface area contributed by atoms with Crippen LogP contribution < -0.4 is 10.2 Å². The smallest absolute Gasteiger partial charge is 0.335 e. The van der Waals surface area contributed by atoms with Crippen molar-refractivity contribution < 1.29 is 19.5 Å². The summed E-state index contributed by atoms with van der Waals surface area (Å²) in [7, 11) is 0. The number of rotatable bonds is 2. The Bertz CT molecular complexity index is 961. The Hall–Kier alpha value is -3.12. The molecule has 0 spiro atoms. The molecular weight excluding hydrogens is 356 g/mol. The van der Waals surface area contributed by atoms with Crippen LogP contribution in [-0.4, -0.2) is 23.0 Å². The number of benzene rings is 2. The van der Waals surface area contributed by atoms with Crippen LogP contribution in [0.2, 0.25) is 5.02 Å². The molecule has 3 rings (SSSR count). The van der Waals surface area contributed by atoms with Gasteiger partial charge in [0.05, 0.1) is 5.69 Å². The lowest BCUT2D eigenvalue weighted by atomic mass is 10.0. The van der Waals surface area contributed by atoms with Crippen molar-refractivity contribution in [2.24, 2.45) is 0 Å². The molecule has 1 aliphatic rings. The highest BCUT2D eigenvalue weighted by atomic mass is 35.5. The maximum Gasteiger partial charge on any atom is 0.335 e. The molecule has 7 heteroatoms. The summed E-state index contributed by atoms with van der Waals surface area (Å²) in [4.78, 5) is 38.1. The maximum atomic E-state index is 12.8. The molecule has 0 bridgehead atoms. The summed E-state index contributed by atoms with van der Waals surface area (Å²) < 4.78 is 0. The van der Waals surface area contributed by atoms with Gasteiger partial charge in [0.25, 0.3) is 11.8 Å². The van der Waals surface area contributed by atoms with Gasteiger partial charge in [-0.25, -0.2) is 9.69 Å². The Morgan fingerprint density at radius 2 is 1.69 bits per heavy atom. The van der Waals surface area contributed by atoms with Gasteiger partial charge in [-0.1, -0.05) is 17.7 Å². The molecule has 0 saturated carbocycles. The summed E-state index contributed by atoms with van der Waals surface area (Å²) in [5.74, 6) is -1.75. The molecule has 0 unspecified atom stereocenters. The number of aromatic hydroxyl groups is 1. The van der Waals surface area contributed by atoms with Crippen LogP contribution in [0.5, 0.6) is 5.75 Å². The fraction of sp³-hybridized carbons (Fsp3) is 0.105. The van der Waals surface area contributed by atoms with E-state index in [0.717, 1.165) is 16.0 Å². The van der Waals surface area contributed by atoms with Crippen LogP contribution in [0.1, 0.15) is 16.7 Å². The Balaban J connectivity index is 2.08. The zero-order valence-corrected chi connectivity index (χ0v) is 14.8. The second kappa shape index (κ2) is 6.65. The van der Waals surface area contributed by atoms with Gasteiger partial charge in [0.15, 0.2) is 0 Å². The van der Waals surface area contributed by atoms with Gasteiger partial charge >= 0.3 is 6.03 Å². The first-order valence-corrected chi connectivity index (χ1v) is 8.12. The Labute approximate surface area is 154 Å². The molecule has 0 atom stereocenters. The number of amides is 4. The average Bonchev–Trinajstić information content (AvgIpc) is 2.53. The van der Waals surface area contributed by atoms with Gasteiger partial charge in [0.1, 0.15) is 11.3 Å². The van der Waals surface area contributed by atoms with Crippen molar-refractivity contribution >= 4 is 41.2 Å². The summed E-state index contributed by atoms with van der Waals surface area (Å²) in [6, 6.07) is 8.69. The van der Waals surface area contributed by atoms with Gasteiger partial charge < -0.3 is 5.11 Å². The minimum atomic E-state index is -0.833. The zero-order chi connectivity index (χ0) is 19.0. The fourth-order valence-electron chi connectivity index (χ4n) is 2.77. The third kappa shape index (κ3) is 3.32. The van der Waals surface area contributed by atoms with Gasteiger partial charge in [0.2, 0.25) is 0 Å². The van der Waals surface area contributed by atoms with Crippen molar-refractivity contribution in [2.75, 3.05) is 4.90 Å². The third-order valence-electron chi connectivity index (χ3n) is 3.86. The molecule has 0 aliphatic carbocycles. The van der Waals surface area contributed by atoms with Crippen molar-refractivity contribution in [1.82, 2.24) is 5.32 Å². The van der Waals surface area contributed by atoms with Crippen molar-refractivity contribution in [3.8, 4) is 5.75 Å². The molecule has 1 aliphatic heterocycles. The number of barbiturate groups is 1. The van der Waals surface area contributed by atoms with Crippen molar-refractivity contribution in [2.45, 2.75) is 13.8 Å². The van der Waals surface area contributed by atoms with Crippen LogP contribution in [0.4, 0.5) is 10.5 Å². The third-order valence-corrected chi connectivity index (χ3v) is 4.09. The number of nitrogens with one attached hydrogen (secondary N) is 1. The summed E-state index contributed by atoms with van der Waals surface area (Å²) in [6.45, 7) is 3.68. The number of phenols is 1. The summed E-state index contributed by atoms with van der Waals surface area (Å²) >= 11 is 5.90. The lowest BCUT2D eigenvalue weighted by Gasteiger charge is -2.27. The zero-order valence-electron chi connectivity index (χ0n) is 14.0. The minimum Gasteiger partial charge on any atom is -0.507 e. The Kier molecular flexibility index (Phi) is 4.52. The molecular formula is C19H15ClN2O4. The van der Waals surface area contributed by atoms with E-state index in [1.54, 1.807) is 12.1 Å². The molecule has 0 radical (unpaired) electrons. The van der Waals surface area contributed by atoms with Crippen LogP contribution in [0.3, 0.4) is 0 Å². The molecule has 6 nitrogen and oxygen atoms in total. The number of anilines is 1. The topological polar surface area (TPSA) is 86.7 Å². The number of carbonyl (C=O) groups excluding carboxylic acids is 3. The highest BCUT2D eigenvalue weighted by Crippen LogP contribution is 2.27. The van der Waals surface area contributed by atoms with E-state index in [-0.39, 0.29) is 16.9 Å².